The van der Waals surface area contributed by atoms with Crippen LogP contribution in [0.15, 0.2) is 35.7 Å². The quantitative estimate of drug-likeness (QED) is 0.647. The fraction of sp³-hybridized carbons (Fsp3) is 0.143. The monoisotopic (exact) mass is 284 g/mol. The zero-order chi connectivity index (χ0) is 14.8. The summed E-state index contributed by atoms with van der Waals surface area (Å²) >= 11 is 0. The van der Waals surface area contributed by atoms with E-state index in [1.165, 1.54) is 0 Å². The minimum atomic E-state index is -0.700. The Balaban J connectivity index is 2.00. The topological polar surface area (TPSA) is 92.7 Å². The summed E-state index contributed by atoms with van der Waals surface area (Å²) in [6, 6.07) is 5.47. The Labute approximate surface area is 120 Å². The zero-order valence-electron chi connectivity index (χ0n) is 11.2. The molecule has 3 rings (SSSR count). The van der Waals surface area contributed by atoms with Gasteiger partial charge in [0.05, 0.1) is 5.69 Å². The van der Waals surface area contributed by atoms with E-state index in [-0.39, 0.29) is 5.71 Å². The molecular formula is C14H12N4O3. The first kappa shape index (κ1) is 13.0. The second-order valence-electron chi connectivity index (χ2n) is 4.39. The van der Waals surface area contributed by atoms with E-state index < -0.39 is 12.0 Å². The van der Waals surface area contributed by atoms with E-state index in [9.17, 15) is 9.59 Å². The lowest BCUT2D eigenvalue weighted by atomic mass is 10.1. The summed E-state index contributed by atoms with van der Waals surface area (Å²) in [5.74, 6) is -0.411. The van der Waals surface area contributed by atoms with Crippen LogP contribution in [-0.4, -0.2) is 29.2 Å². The lowest BCUT2D eigenvalue weighted by Crippen LogP contribution is -2.23. The Morgan fingerprint density at radius 3 is 3.10 bits per heavy atom. The van der Waals surface area contributed by atoms with Crippen molar-refractivity contribution in [1.29, 1.82) is 0 Å². The lowest BCUT2D eigenvalue weighted by molar-refractivity contribution is -0.110. The van der Waals surface area contributed by atoms with Crippen LogP contribution in [-0.2, 0) is 9.63 Å². The van der Waals surface area contributed by atoms with E-state index in [2.05, 4.69) is 25.6 Å². The highest BCUT2D eigenvalue weighted by Gasteiger charge is 2.28. The minimum Gasteiger partial charge on any atom is -0.320 e. The van der Waals surface area contributed by atoms with Gasteiger partial charge in [-0.1, -0.05) is 11.2 Å². The molecule has 2 N–H and O–H groups in total. The minimum absolute atomic E-state index is 0.0713. The number of hydrogen-bond acceptors (Lipinski definition) is 5. The number of fused-ring (bicyclic) bond motifs is 3. The molecule has 1 aliphatic heterocycles. The van der Waals surface area contributed by atoms with Gasteiger partial charge in [0.15, 0.2) is 5.71 Å². The summed E-state index contributed by atoms with van der Waals surface area (Å²) < 4.78 is 0. The van der Waals surface area contributed by atoms with Crippen LogP contribution in [0.1, 0.15) is 12.5 Å². The van der Waals surface area contributed by atoms with Crippen LogP contribution in [0, 0.1) is 0 Å². The molecule has 1 aromatic carbocycles. The first-order valence-corrected chi connectivity index (χ1v) is 6.42. The van der Waals surface area contributed by atoms with Gasteiger partial charge in [-0.3, -0.25) is 14.6 Å². The van der Waals surface area contributed by atoms with Crippen LogP contribution >= 0.6 is 0 Å². The molecule has 21 heavy (non-hydrogen) atoms. The second kappa shape index (κ2) is 5.20. The molecule has 0 saturated heterocycles. The molecule has 0 saturated carbocycles. The third-order valence-electron chi connectivity index (χ3n) is 3.07. The Morgan fingerprint density at radius 1 is 1.43 bits per heavy atom. The third-order valence-corrected chi connectivity index (χ3v) is 3.07. The zero-order valence-corrected chi connectivity index (χ0v) is 11.2. The van der Waals surface area contributed by atoms with E-state index in [0.29, 0.717) is 17.8 Å². The summed E-state index contributed by atoms with van der Waals surface area (Å²) in [6.07, 6.45) is 2.65. The molecule has 0 aliphatic carbocycles. The molecule has 1 aliphatic rings. The number of pyridine rings is 1. The number of anilines is 1. The number of hydrogen-bond donors (Lipinski definition) is 2. The van der Waals surface area contributed by atoms with Crippen molar-refractivity contribution < 1.29 is 14.4 Å². The van der Waals surface area contributed by atoms with Crippen molar-refractivity contribution in [3.63, 3.8) is 0 Å². The number of rotatable bonds is 2. The van der Waals surface area contributed by atoms with Crippen molar-refractivity contribution >= 4 is 34.2 Å². The fourth-order valence-electron chi connectivity index (χ4n) is 2.14. The highest BCUT2D eigenvalue weighted by molar-refractivity contribution is 6.54. The van der Waals surface area contributed by atoms with Gasteiger partial charge in [0.1, 0.15) is 0 Å². The molecule has 0 fully saturated rings. The Bertz CT molecular complexity index is 770. The van der Waals surface area contributed by atoms with Crippen LogP contribution < -0.4 is 10.6 Å². The normalized spacial score (nSPS) is 14.9. The van der Waals surface area contributed by atoms with Gasteiger partial charge in [0.25, 0.3) is 5.91 Å². The van der Waals surface area contributed by atoms with E-state index in [1.807, 2.05) is 12.1 Å². The number of amides is 2. The summed E-state index contributed by atoms with van der Waals surface area (Å²) in [4.78, 5) is 31.9. The molecule has 0 radical (unpaired) electrons. The molecule has 0 unspecified atom stereocenters. The largest absolute Gasteiger partial charge is 0.433 e. The first-order chi connectivity index (χ1) is 10.2. The number of oxime groups is 1. The summed E-state index contributed by atoms with van der Waals surface area (Å²) in [7, 11) is 0. The number of benzene rings is 1. The molecule has 0 atom stereocenters. The average Bonchev–Trinajstić information content (AvgIpc) is 2.81. The van der Waals surface area contributed by atoms with Crippen LogP contribution in [0.4, 0.5) is 10.5 Å². The number of aromatic nitrogens is 1. The third kappa shape index (κ3) is 2.29. The smallest absolute Gasteiger partial charge is 0.320 e. The standard InChI is InChI=1S/C14H12N4O3/c1-2-16-14(20)21-18-12-9-4-3-8-5-6-15-7-10(8)11(9)17-13(12)19/h3-7H,2H2,1H3,(H,16,20)(H,17,18,19). The molecule has 0 bridgehead atoms. The molecule has 1 aromatic heterocycles. The van der Waals surface area contributed by atoms with Crippen LogP contribution in [0.25, 0.3) is 10.8 Å². The van der Waals surface area contributed by atoms with Gasteiger partial charge in [-0.15, -0.1) is 0 Å². The Morgan fingerprint density at radius 2 is 2.29 bits per heavy atom. The summed E-state index contributed by atoms with van der Waals surface area (Å²) in [5, 5.41) is 10.6. The molecule has 2 aromatic rings. The molecule has 7 nitrogen and oxygen atoms in total. The molecule has 0 spiro atoms. The average molecular weight is 284 g/mol. The summed E-state index contributed by atoms with van der Waals surface area (Å²) in [6.45, 7) is 2.17. The molecule has 106 valence electrons. The number of carbonyl (C=O) groups excluding carboxylic acids is 2. The van der Waals surface area contributed by atoms with Crippen molar-refractivity contribution in [3.05, 3.63) is 36.2 Å². The Hall–Kier alpha value is -2.96. The highest BCUT2D eigenvalue weighted by atomic mass is 16.7. The van der Waals surface area contributed by atoms with Gasteiger partial charge in [-0.2, -0.15) is 0 Å². The predicted molar refractivity (Wildman–Crippen MR) is 77.1 cm³/mol. The number of nitrogens with zero attached hydrogens (tertiary/aromatic N) is 2. The molecular weight excluding hydrogens is 272 g/mol. The second-order valence-corrected chi connectivity index (χ2v) is 4.39. The van der Waals surface area contributed by atoms with E-state index in [1.54, 1.807) is 25.4 Å². The number of carbonyl (C=O) groups is 2. The Kier molecular flexibility index (Phi) is 3.23. The lowest BCUT2D eigenvalue weighted by Gasteiger charge is -2.03. The molecule has 7 heteroatoms. The van der Waals surface area contributed by atoms with Crippen molar-refractivity contribution in [3.8, 4) is 0 Å². The van der Waals surface area contributed by atoms with Gasteiger partial charge in [-0.05, 0) is 24.4 Å². The summed E-state index contributed by atoms with van der Waals surface area (Å²) in [5.41, 5.74) is 1.29. The van der Waals surface area contributed by atoms with Crippen LogP contribution in [0.5, 0.6) is 0 Å². The van der Waals surface area contributed by atoms with E-state index in [4.69, 9.17) is 0 Å². The van der Waals surface area contributed by atoms with E-state index >= 15 is 0 Å². The molecule has 2 amide bonds. The maximum atomic E-state index is 12.0. The van der Waals surface area contributed by atoms with Gasteiger partial charge >= 0.3 is 6.09 Å². The van der Waals surface area contributed by atoms with Crippen molar-refractivity contribution in [1.82, 2.24) is 10.3 Å². The van der Waals surface area contributed by atoms with Crippen molar-refractivity contribution in [2.45, 2.75) is 6.92 Å². The predicted octanol–water partition coefficient (Wildman–Crippen LogP) is 1.64. The van der Waals surface area contributed by atoms with E-state index in [0.717, 1.165) is 10.8 Å². The van der Waals surface area contributed by atoms with Gasteiger partial charge in [0, 0.05) is 29.9 Å². The van der Waals surface area contributed by atoms with Crippen molar-refractivity contribution in [2.75, 3.05) is 11.9 Å². The van der Waals surface area contributed by atoms with Gasteiger partial charge in [0.2, 0.25) is 0 Å². The maximum absolute atomic E-state index is 12.0. The first-order valence-electron chi connectivity index (χ1n) is 6.42. The number of nitrogens with one attached hydrogen (secondary N) is 2. The van der Waals surface area contributed by atoms with Crippen molar-refractivity contribution in [2.24, 2.45) is 5.16 Å². The van der Waals surface area contributed by atoms with Crippen LogP contribution in [0.3, 0.4) is 0 Å². The fourth-order valence-corrected chi connectivity index (χ4v) is 2.14. The van der Waals surface area contributed by atoms with Gasteiger partial charge in [-0.25, -0.2) is 4.79 Å². The van der Waals surface area contributed by atoms with Crippen LogP contribution in [0.2, 0.25) is 0 Å². The molecule has 2 heterocycles. The highest BCUT2D eigenvalue weighted by Crippen LogP contribution is 2.31. The van der Waals surface area contributed by atoms with Gasteiger partial charge < -0.3 is 10.6 Å². The maximum Gasteiger partial charge on any atom is 0.433 e. The SMILES string of the molecule is CCNC(=O)ON=C1C(=O)Nc2c1ccc1ccncc21.